The molecule has 0 aromatic heterocycles. The van der Waals surface area contributed by atoms with Crippen molar-refractivity contribution in [3.63, 3.8) is 0 Å². The van der Waals surface area contributed by atoms with Gasteiger partial charge in [-0.3, -0.25) is 14.5 Å². The molecule has 2 amide bonds. The zero-order valence-electron chi connectivity index (χ0n) is 11.8. The Bertz CT molecular complexity index is 716. The molecule has 1 heterocycles. The second kappa shape index (κ2) is 7.47. The fourth-order valence-electron chi connectivity index (χ4n) is 1.80. The zero-order chi connectivity index (χ0) is 17.0. The molecule has 0 atom stereocenters. The highest BCUT2D eigenvalue weighted by atomic mass is 79.9. The molecular formula is C15H12BrNO5S. The number of carbonyl (C=O) groups is 3. The number of aliphatic carboxylic acids is 1. The molecule has 8 heteroatoms. The lowest BCUT2D eigenvalue weighted by Gasteiger charge is -2.08. The van der Waals surface area contributed by atoms with Gasteiger partial charge in [-0.15, -0.1) is 6.58 Å². The first-order chi connectivity index (χ1) is 10.9. The van der Waals surface area contributed by atoms with Crippen molar-refractivity contribution in [1.29, 1.82) is 0 Å². The number of hydrogen-bond donors (Lipinski definition) is 1. The van der Waals surface area contributed by atoms with Gasteiger partial charge in [-0.2, -0.15) is 0 Å². The monoisotopic (exact) mass is 397 g/mol. The highest BCUT2D eigenvalue weighted by molar-refractivity contribution is 9.10. The van der Waals surface area contributed by atoms with Crippen LogP contribution in [0.1, 0.15) is 5.56 Å². The number of thioether (sulfide) groups is 1. The van der Waals surface area contributed by atoms with Gasteiger partial charge in [0.25, 0.3) is 11.1 Å². The summed E-state index contributed by atoms with van der Waals surface area (Å²) in [4.78, 5) is 35.8. The van der Waals surface area contributed by atoms with Crippen molar-refractivity contribution < 1.29 is 24.2 Å². The van der Waals surface area contributed by atoms with Crippen LogP contribution in [0.25, 0.3) is 6.08 Å². The third-order valence-corrected chi connectivity index (χ3v) is 4.32. The van der Waals surface area contributed by atoms with Gasteiger partial charge in [0.2, 0.25) is 0 Å². The Balaban J connectivity index is 2.18. The fourth-order valence-corrected chi connectivity index (χ4v) is 3.16. The first kappa shape index (κ1) is 17.3. The highest BCUT2D eigenvalue weighted by Crippen LogP contribution is 2.33. The number of carbonyl (C=O) groups excluding carboxylic acids is 2. The van der Waals surface area contributed by atoms with E-state index in [1.807, 2.05) is 0 Å². The molecule has 1 N–H and O–H groups in total. The number of benzene rings is 1. The number of amides is 2. The molecule has 0 saturated carbocycles. The van der Waals surface area contributed by atoms with Crippen LogP contribution in [0.2, 0.25) is 0 Å². The number of ether oxygens (including phenoxy) is 1. The maximum Gasteiger partial charge on any atom is 0.341 e. The molecule has 6 nitrogen and oxygen atoms in total. The summed E-state index contributed by atoms with van der Waals surface area (Å²) in [5, 5.41) is 8.27. The lowest BCUT2D eigenvalue weighted by Crippen LogP contribution is -2.27. The van der Waals surface area contributed by atoms with Crippen LogP contribution in [0.3, 0.4) is 0 Å². The molecule has 120 valence electrons. The van der Waals surface area contributed by atoms with Crippen LogP contribution in [0.4, 0.5) is 4.79 Å². The topological polar surface area (TPSA) is 83.9 Å². The number of nitrogens with zero attached hydrogens (tertiary/aromatic N) is 1. The van der Waals surface area contributed by atoms with Crippen LogP contribution in [0.15, 0.2) is 40.2 Å². The smallest absolute Gasteiger partial charge is 0.341 e. The molecular weight excluding hydrogens is 386 g/mol. The van der Waals surface area contributed by atoms with Gasteiger partial charge in [0.05, 0.1) is 9.38 Å². The highest BCUT2D eigenvalue weighted by Gasteiger charge is 2.33. The molecule has 1 aliphatic heterocycles. The Hall–Kier alpha value is -2.06. The number of hydrogen-bond acceptors (Lipinski definition) is 5. The molecule has 1 aliphatic rings. The zero-order valence-corrected chi connectivity index (χ0v) is 14.2. The van der Waals surface area contributed by atoms with Crippen molar-refractivity contribution in [3.8, 4) is 5.75 Å². The summed E-state index contributed by atoms with van der Waals surface area (Å²) in [7, 11) is 0. The molecule has 1 aromatic carbocycles. The van der Waals surface area contributed by atoms with E-state index in [4.69, 9.17) is 9.84 Å². The molecule has 0 radical (unpaired) electrons. The maximum absolute atomic E-state index is 12.1. The normalized spacial score (nSPS) is 16.0. The van der Waals surface area contributed by atoms with E-state index in [9.17, 15) is 14.4 Å². The second-order valence-corrected chi connectivity index (χ2v) is 6.30. The minimum absolute atomic E-state index is 0.174. The van der Waals surface area contributed by atoms with E-state index in [0.29, 0.717) is 20.7 Å². The lowest BCUT2D eigenvalue weighted by atomic mass is 10.2. The molecule has 0 bridgehead atoms. The maximum atomic E-state index is 12.1. The van der Waals surface area contributed by atoms with Gasteiger partial charge < -0.3 is 9.84 Å². The fraction of sp³-hybridized carbons (Fsp3) is 0.133. The minimum Gasteiger partial charge on any atom is -0.481 e. The molecule has 0 unspecified atom stereocenters. The van der Waals surface area contributed by atoms with Crippen LogP contribution >= 0.6 is 27.7 Å². The average molecular weight is 398 g/mol. The number of rotatable bonds is 6. The van der Waals surface area contributed by atoms with Crippen LogP contribution in [0, 0.1) is 0 Å². The molecule has 0 spiro atoms. The van der Waals surface area contributed by atoms with Gasteiger partial charge in [-0.1, -0.05) is 12.1 Å². The number of carboxylic acid groups (broad SMARTS) is 1. The van der Waals surface area contributed by atoms with Crippen molar-refractivity contribution in [1.82, 2.24) is 4.90 Å². The van der Waals surface area contributed by atoms with Crippen molar-refractivity contribution in [3.05, 3.63) is 45.8 Å². The predicted molar refractivity (Wildman–Crippen MR) is 90.1 cm³/mol. The van der Waals surface area contributed by atoms with E-state index in [1.165, 1.54) is 6.08 Å². The lowest BCUT2D eigenvalue weighted by molar-refractivity contribution is -0.139. The summed E-state index contributed by atoms with van der Waals surface area (Å²) in [5.74, 6) is -1.05. The average Bonchev–Trinajstić information content (AvgIpc) is 2.74. The van der Waals surface area contributed by atoms with Gasteiger partial charge in [-0.25, -0.2) is 4.79 Å². The Labute approximate surface area is 144 Å². The Morgan fingerprint density at radius 2 is 2.17 bits per heavy atom. The SMILES string of the molecule is C=CCN1C(=O)S/C(=C\c2ccc(OCC(=O)O)c(Br)c2)C1=O. The summed E-state index contributed by atoms with van der Waals surface area (Å²) in [5.41, 5.74) is 0.684. The van der Waals surface area contributed by atoms with E-state index >= 15 is 0 Å². The van der Waals surface area contributed by atoms with Gasteiger partial charge in [-0.05, 0) is 51.5 Å². The van der Waals surface area contributed by atoms with Crippen LogP contribution in [-0.4, -0.2) is 40.3 Å². The van der Waals surface area contributed by atoms with Crippen molar-refractivity contribution in [2.75, 3.05) is 13.2 Å². The van der Waals surface area contributed by atoms with Gasteiger partial charge >= 0.3 is 5.97 Å². The summed E-state index contributed by atoms with van der Waals surface area (Å²) in [6.45, 7) is 3.24. The number of imide groups is 1. The first-order valence-corrected chi connectivity index (χ1v) is 8.03. The minimum atomic E-state index is -1.07. The van der Waals surface area contributed by atoms with E-state index in [0.717, 1.165) is 16.7 Å². The summed E-state index contributed by atoms with van der Waals surface area (Å²) in [6, 6.07) is 4.94. The standard InChI is InChI=1S/C15H12BrNO5S/c1-2-5-17-14(20)12(23-15(17)21)7-9-3-4-11(10(16)6-9)22-8-13(18)19/h2-4,6-7H,1,5,8H2,(H,18,19)/b12-7-. The number of carboxylic acids is 1. The molecule has 1 aromatic rings. The molecule has 23 heavy (non-hydrogen) atoms. The Kier molecular flexibility index (Phi) is 5.62. The van der Waals surface area contributed by atoms with Gasteiger partial charge in [0.15, 0.2) is 6.61 Å². The summed E-state index contributed by atoms with van der Waals surface area (Å²) in [6.07, 6.45) is 3.09. The van der Waals surface area contributed by atoms with Crippen molar-refractivity contribution >= 4 is 50.9 Å². The van der Waals surface area contributed by atoms with Gasteiger partial charge in [0.1, 0.15) is 5.75 Å². The van der Waals surface area contributed by atoms with Crippen molar-refractivity contribution in [2.45, 2.75) is 0 Å². The van der Waals surface area contributed by atoms with Gasteiger partial charge in [0, 0.05) is 6.54 Å². The predicted octanol–water partition coefficient (Wildman–Crippen LogP) is 3.13. The van der Waals surface area contributed by atoms with E-state index in [1.54, 1.807) is 24.3 Å². The van der Waals surface area contributed by atoms with Crippen LogP contribution in [-0.2, 0) is 9.59 Å². The summed E-state index contributed by atoms with van der Waals surface area (Å²) >= 11 is 4.15. The largest absolute Gasteiger partial charge is 0.481 e. The Morgan fingerprint density at radius 1 is 1.43 bits per heavy atom. The van der Waals surface area contributed by atoms with Crippen LogP contribution < -0.4 is 4.74 Å². The van der Waals surface area contributed by atoms with Crippen LogP contribution in [0.5, 0.6) is 5.75 Å². The van der Waals surface area contributed by atoms with E-state index < -0.39 is 12.6 Å². The Morgan fingerprint density at radius 3 is 2.78 bits per heavy atom. The quantitative estimate of drug-likeness (QED) is 0.586. The van der Waals surface area contributed by atoms with E-state index in [-0.39, 0.29) is 17.7 Å². The third-order valence-electron chi connectivity index (χ3n) is 2.79. The number of halogens is 1. The first-order valence-electron chi connectivity index (χ1n) is 6.42. The molecule has 0 aliphatic carbocycles. The third kappa shape index (κ3) is 4.23. The van der Waals surface area contributed by atoms with Crippen molar-refractivity contribution in [2.24, 2.45) is 0 Å². The summed E-state index contributed by atoms with van der Waals surface area (Å²) < 4.78 is 5.65. The van der Waals surface area contributed by atoms with E-state index in [2.05, 4.69) is 22.5 Å². The second-order valence-electron chi connectivity index (χ2n) is 4.45. The molecule has 1 fully saturated rings. The molecule has 1 saturated heterocycles. The molecule has 2 rings (SSSR count).